The van der Waals surface area contributed by atoms with E-state index in [1.165, 1.54) is 37.0 Å². The molecule has 0 bridgehead atoms. The molecule has 1 N–H and O–H groups in total. The molecule has 0 radical (unpaired) electrons. The number of hydrogen-bond donors (Lipinski definition) is 1. The lowest BCUT2D eigenvalue weighted by Crippen LogP contribution is -2.30. The summed E-state index contributed by atoms with van der Waals surface area (Å²) in [6.45, 7) is 3.58. The van der Waals surface area contributed by atoms with E-state index < -0.39 is 17.3 Å². The van der Waals surface area contributed by atoms with Crippen LogP contribution >= 0.6 is 0 Å². The van der Waals surface area contributed by atoms with Crippen LogP contribution in [0.5, 0.6) is 11.5 Å². The number of halogens is 1. The second-order valence-corrected chi connectivity index (χ2v) is 6.59. The Morgan fingerprint density at radius 2 is 1.68 bits per heavy atom. The molecular formula is C21H21FN2O4. The molecule has 146 valence electrons. The monoisotopic (exact) mass is 384 g/mol. The summed E-state index contributed by atoms with van der Waals surface area (Å²) in [5.74, 6) is 0.0719. The molecule has 7 heteroatoms. The molecule has 0 aliphatic heterocycles. The Bertz CT molecular complexity index is 1080. The van der Waals surface area contributed by atoms with Gasteiger partial charge >= 0.3 is 0 Å². The summed E-state index contributed by atoms with van der Waals surface area (Å²) in [5.41, 5.74) is 0.226. The number of rotatable bonds is 5. The second-order valence-electron chi connectivity index (χ2n) is 6.59. The number of pyridine rings is 1. The van der Waals surface area contributed by atoms with Crippen LogP contribution in [0.1, 0.15) is 30.4 Å². The van der Waals surface area contributed by atoms with Gasteiger partial charge in [-0.15, -0.1) is 0 Å². The highest BCUT2D eigenvalue weighted by Crippen LogP contribution is 2.26. The number of aromatic nitrogens is 1. The fraction of sp³-hybridized carbons (Fsp3) is 0.238. The minimum absolute atomic E-state index is 0.181. The van der Waals surface area contributed by atoms with Crippen molar-refractivity contribution in [1.82, 2.24) is 4.57 Å². The predicted octanol–water partition coefficient (Wildman–Crippen LogP) is 3.99. The molecule has 0 aliphatic carbocycles. The van der Waals surface area contributed by atoms with Crippen molar-refractivity contribution in [3.63, 3.8) is 0 Å². The molecule has 0 saturated heterocycles. The molecule has 1 heterocycles. The molecule has 0 atom stereocenters. The van der Waals surface area contributed by atoms with Gasteiger partial charge in [0.25, 0.3) is 11.5 Å². The van der Waals surface area contributed by atoms with E-state index in [1.54, 1.807) is 38.1 Å². The van der Waals surface area contributed by atoms with Gasteiger partial charge in [0.05, 0.1) is 19.6 Å². The Balaban J connectivity index is 2.10. The van der Waals surface area contributed by atoms with E-state index in [2.05, 4.69) is 5.32 Å². The van der Waals surface area contributed by atoms with Crippen molar-refractivity contribution in [2.45, 2.75) is 19.9 Å². The molecule has 0 aliphatic rings. The summed E-state index contributed by atoms with van der Waals surface area (Å²) >= 11 is 0. The minimum atomic E-state index is -0.499. The van der Waals surface area contributed by atoms with Gasteiger partial charge in [-0.05, 0) is 37.4 Å². The Labute approximate surface area is 161 Å². The van der Waals surface area contributed by atoms with Crippen molar-refractivity contribution >= 4 is 22.4 Å². The zero-order valence-electron chi connectivity index (χ0n) is 16.1. The molecular weight excluding hydrogens is 363 g/mol. The molecule has 0 unspecified atom stereocenters. The van der Waals surface area contributed by atoms with Crippen LogP contribution in [-0.2, 0) is 0 Å². The maximum atomic E-state index is 13.6. The van der Waals surface area contributed by atoms with Gasteiger partial charge in [-0.1, -0.05) is 6.07 Å². The Morgan fingerprint density at radius 3 is 2.25 bits per heavy atom. The van der Waals surface area contributed by atoms with Crippen LogP contribution in [0.4, 0.5) is 10.1 Å². The van der Waals surface area contributed by atoms with Crippen LogP contribution in [0.25, 0.3) is 10.8 Å². The molecule has 0 spiro atoms. The van der Waals surface area contributed by atoms with E-state index in [-0.39, 0.29) is 17.1 Å². The van der Waals surface area contributed by atoms with E-state index in [1.807, 2.05) is 0 Å². The zero-order valence-corrected chi connectivity index (χ0v) is 16.1. The third-order valence-corrected chi connectivity index (χ3v) is 4.37. The largest absolute Gasteiger partial charge is 0.497 e. The third-order valence-electron chi connectivity index (χ3n) is 4.37. The van der Waals surface area contributed by atoms with Crippen LogP contribution in [0, 0.1) is 5.82 Å². The van der Waals surface area contributed by atoms with Crippen molar-refractivity contribution in [3.05, 3.63) is 64.3 Å². The number of hydrogen-bond acceptors (Lipinski definition) is 4. The first-order valence-corrected chi connectivity index (χ1v) is 8.73. The van der Waals surface area contributed by atoms with E-state index in [0.29, 0.717) is 22.6 Å². The van der Waals surface area contributed by atoms with Crippen molar-refractivity contribution in [2.24, 2.45) is 0 Å². The van der Waals surface area contributed by atoms with E-state index in [0.717, 1.165) is 0 Å². The van der Waals surface area contributed by atoms with Gasteiger partial charge in [0.1, 0.15) is 23.0 Å². The van der Waals surface area contributed by atoms with Crippen LogP contribution in [0.3, 0.4) is 0 Å². The topological polar surface area (TPSA) is 69.6 Å². The summed E-state index contributed by atoms with van der Waals surface area (Å²) in [6, 6.07) is 10.2. The Morgan fingerprint density at radius 1 is 1.04 bits per heavy atom. The Hall–Kier alpha value is -3.35. The zero-order chi connectivity index (χ0) is 20.4. The number of carbonyl (C=O) groups excluding carboxylic acids is 1. The number of nitrogens with one attached hydrogen (secondary N) is 1. The molecule has 3 rings (SSSR count). The Kier molecular flexibility index (Phi) is 5.35. The van der Waals surface area contributed by atoms with Gasteiger partial charge in [-0.2, -0.15) is 0 Å². The minimum Gasteiger partial charge on any atom is -0.497 e. The summed E-state index contributed by atoms with van der Waals surface area (Å²) in [5, 5.41) is 3.50. The normalized spacial score (nSPS) is 10.9. The highest BCUT2D eigenvalue weighted by atomic mass is 19.1. The molecule has 1 aromatic heterocycles. The second kappa shape index (κ2) is 7.72. The van der Waals surface area contributed by atoms with Gasteiger partial charge in [0.15, 0.2) is 0 Å². The smallest absolute Gasteiger partial charge is 0.272 e. The van der Waals surface area contributed by atoms with Gasteiger partial charge in [-0.3, -0.25) is 9.59 Å². The molecule has 3 aromatic rings. The van der Waals surface area contributed by atoms with Crippen LogP contribution in [0.15, 0.2) is 47.3 Å². The average Bonchev–Trinajstić information content (AvgIpc) is 2.67. The lowest BCUT2D eigenvalue weighted by Gasteiger charge is -2.18. The number of anilines is 1. The maximum Gasteiger partial charge on any atom is 0.272 e. The summed E-state index contributed by atoms with van der Waals surface area (Å²) in [4.78, 5) is 25.9. The summed E-state index contributed by atoms with van der Waals surface area (Å²) in [7, 11) is 3.03. The summed E-state index contributed by atoms with van der Waals surface area (Å²) in [6.07, 6.45) is 0. The molecule has 0 saturated carbocycles. The van der Waals surface area contributed by atoms with Gasteiger partial charge in [0.2, 0.25) is 0 Å². The van der Waals surface area contributed by atoms with E-state index >= 15 is 0 Å². The first-order valence-electron chi connectivity index (χ1n) is 8.73. The highest BCUT2D eigenvalue weighted by molar-refractivity contribution is 6.05. The van der Waals surface area contributed by atoms with Gasteiger partial charge in [-0.25, -0.2) is 4.39 Å². The maximum absolute atomic E-state index is 13.6. The third kappa shape index (κ3) is 3.69. The van der Waals surface area contributed by atoms with E-state index in [9.17, 15) is 14.0 Å². The average molecular weight is 384 g/mol. The molecule has 0 fully saturated rings. The van der Waals surface area contributed by atoms with Gasteiger partial charge in [0, 0.05) is 29.9 Å². The van der Waals surface area contributed by atoms with Crippen molar-refractivity contribution in [2.75, 3.05) is 19.5 Å². The molecule has 1 amide bonds. The lowest BCUT2D eigenvalue weighted by atomic mass is 10.1. The van der Waals surface area contributed by atoms with Gasteiger partial charge < -0.3 is 19.4 Å². The summed E-state index contributed by atoms with van der Waals surface area (Å²) < 4.78 is 25.4. The highest BCUT2D eigenvalue weighted by Gasteiger charge is 2.18. The number of benzene rings is 2. The van der Waals surface area contributed by atoms with Crippen molar-refractivity contribution in [3.8, 4) is 11.5 Å². The first-order chi connectivity index (χ1) is 13.3. The number of ether oxygens (including phenoxy) is 2. The lowest BCUT2D eigenvalue weighted by molar-refractivity contribution is 0.101. The van der Waals surface area contributed by atoms with Crippen LogP contribution < -0.4 is 20.3 Å². The number of carbonyl (C=O) groups is 1. The van der Waals surface area contributed by atoms with E-state index in [4.69, 9.17) is 9.47 Å². The number of methoxy groups -OCH3 is 2. The number of fused-ring (bicyclic) bond motifs is 1. The number of amides is 1. The first kappa shape index (κ1) is 19.4. The quantitative estimate of drug-likeness (QED) is 0.722. The molecule has 28 heavy (non-hydrogen) atoms. The number of nitrogens with zero attached hydrogens (tertiary/aromatic N) is 1. The predicted molar refractivity (Wildman–Crippen MR) is 106 cm³/mol. The van der Waals surface area contributed by atoms with Crippen molar-refractivity contribution < 1.29 is 18.7 Å². The fourth-order valence-electron chi connectivity index (χ4n) is 3.06. The molecule has 6 nitrogen and oxygen atoms in total. The van der Waals surface area contributed by atoms with Crippen LogP contribution in [0.2, 0.25) is 0 Å². The van der Waals surface area contributed by atoms with Crippen LogP contribution in [-0.4, -0.2) is 24.7 Å². The van der Waals surface area contributed by atoms with Crippen molar-refractivity contribution in [1.29, 1.82) is 0 Å². The fourth-order valence-corrected chi connectivity index (χ4v) is 3.06. The SMILES string of the molecule is COc1cc(NC(=O)c2cc3ccc(F)cc3c(=O)n2C(C)C)cc(OC)c1. The molecule has 2 aromatic carbocycles. The standard InChI is InChI=1S/C21H21FN2O4/c1-12(2)24-19(7-13-5-6-14(22)8-18(13)21(24)26)20(25)23-15-9-16(27-3)11-17(10-15)28-4/h5-12H,1-4H3,(H,23,25).